The van der Waals surface area contributed by atoms with Crippen LogP contribution in [0.3, 0.4) is 0 Å². The zero-order valence-corrected chi connectivity index (χ0v) is 25.0. The number of ether oxygens (including phenoxy) is 1. The molecule has 8 nitrogen and oxygen atoms in total. The van der Waals surface area contributed by atoms with Gasteiger partial charge >= 0.3 is 6.09 Å². The Balaban J connectivity index is 1.41. The number of nitrogens with zero attached hydrogens (tertiary/aromatic N) is 2. The van der Waals surface area contributed by atoms with Gasteiger partial charge < -0.3 is 19.9 Å². The highest BCUT2D eigenvalue weighted by molar-refractivity contribution is 6.05. The lowest BCUT2D eigenvalue weighted by molar-refractivity contribution is -0.121. The molecule has 0 saturated heterocycles. The maximum absolute atomic E-state index is 14.0. The summed E-state index contributed by atoms with van der Waals surface area (Å²) >= 11 is 0. The minimum absolute atomic E-state index is 0.0977. The van der Waals surface area contributed by atoms with Gasteiger partial charge in [0.2, 0.25) is 5.91 Å². The van der Waals surface area contributed by atoms with Crippen LogP contribution in [0.15, 0.2) is 78.9 Å². The van der Waals surface area contributed by atoms with Crippen molar-refractivity contribution >= 4 is 34.5 Å². The fourth-order valence-electron chi connectivity index (χ4n) is 5.61. The number of amides is 3. The predicted octanol–water partition coefficient (Wildman–Crippen LogP) is 6.91. The first-order valence-electron chi connectivity index (χ1n) is 15.2. The Labute approximate surface area is 253 Å². The van der Waals surface area contributed by atoms with Gasteiger partial charge in [-0.3, -0.25) is 14.5 Å². The lowest BCUT2D eigenvalue weighted by Gasteiger charge is -2.34. The third-order valence-corrected chi connectivity index (χ3v) is 8.01. The topological polar surface area (TPSA) is 94.7 Å². The number of para-hydroxylation sites is 2. The van der Waals surface area contributed by atoms with Gasteiger partial charge in [-0.2, -0.15) is 0 Å². The third kappa shape index (κ3) is 6.91. The number of hydrogen-bond donors (Lipinski definition) is 2. The van der Waals surface area contributed by atoms with Gasteiger partial charge in [0.25, 0.3) is 5.91 Å². The van der Waals surface area contributed by atoms with Crippen molar-refractivity contribution in [2.75, 3.05) is 18.4 Å². The Kier molecular flexibility index (Phi) is 9.77. The molecule has 0 radical (unpaired) electrons. The fraction of sp³-hybridized carbons (Fsp3) is 0.343. The van der Waals surface area contributed by atoms with Crippen LogP contribution in [0.2, 0.25) is 0 Å². The van der Waals surface area contributed by atoms with E-state index in [0.717, 1.165) is 53.4 Å². The molecule has 1 atom stereocenters. The zero-order chi connectivity index (χ0) is 30.2. The van der Waals surface area contributed by atoms with E-state index in [9.17, 15) is 14.4 Å². The second-order valence-corrected chi connectivity index (χ2v) is 11.0. The van der Waals surface area contributed by atoms with Crippen LogP contribution in [0.25, 0.3) is 10.9 Å². The van der Waals surface area contributed by atoms with Crippen LogP contribution in [0.5, 0.6) is 0 Å². The number of carbonyl (C=O) groups is 3. The summed E-state index contributed by atoms with van der Waals surface area (Å²) in [6, 6.07) is 23.7. The normalized spacial score (nSPS) is 14.3. The molecule has 0 spiro atoms. The van der Waals surface area contributed by atoms with E-state index in [-0.39, 0.29) is 25.0 Å². The summed E-state index contributed by atoms with van der Waals surface area (Å²) in [6.45, 7) is 5.87. The molecule has 1 aliphatic heterocycles. The number of unbranched alkanes of at least 4 members (excludes halogenated alkanes) is 2. The molecule has 224 valence electrons. The first-order chi connectivity index (χ1) is 21.0. The van der Waals surface area contributed by atoms with Crippen molar-refractivity contribution in [2.24, 2.45) is 0 Å². The molecule has 0 bridgehead atoms. The number of anilines is 1. The third-order valence-electron chi connectivity index (χ3n) is 8.01. The number of H-pyrrole nitrogens is 1. The van der Waals surface area contributed by atoms with Gasteiger partial charge in [0.15, 0.2) is 0 Å². The lowest BCUT2D eigenvalue weighted by Crippen LogP contribution is -2.50. The van der Waals surface area contributed by atoms with E-state index >= 15 is 0 Å². The summed E-state index contributed by atoms with van der Waals surface area (Å²) in [4.78, 5) is 48.0. The minimum atomic E-state index is -0.825. The molecule has 3 amide bonds. The van der Waals surface area contributed by atoms with E-state index in [1.165, 1.54) is 4.90 Å². The SMILES string of the molecule is CCCCN(CCCC)C(=O)c1ccccc1NC(=O)[C@H]1Cc2c([nH]c3ccccc23)CN1C(=O)OCc1ccccc1. The molecular weight excluding hydrogens is 540 g/mol. The number of aromatic amines is 1. The van der Waals surface area contributed by atoms with Gasteiger partial charge in [0.05, 0.1) is 17.8 Å². The van der Waals surface area contributed by atoms with E-state index in [1.54, 1.807) is 18.2 Å². The van der Waals surface area contributed by atoms with Gasteiger partial charge in [-0.25, -0.2) is 4.79 Å². The van der Waals surface area contributed by atoms with E-state index in [1.807, 2.05) is 65.6 Å². The molecule has 8 heteroatoms. The summed E-state index contributed by atoms with van der Waals surface area (Å²) < 4.78 is 5.69. The maximum Gasteiger partial charge on any atom is 0.411 e. The summed E-state index contributed by atoms with van der Waals surface area (Å²) in [5.41, 5.74) is 4.62. The van der Waals surface area contributed by atoms with Crippen molar-refractivity contribution in [3.05, 3.63) is 101 Å². The zero-order valence-electron chi connectivity index (χ0n) is 25.0. The molecule has 43 heavy (non-hydrogen) atoms. The van der Waals surface area contributed by atoms with E-state index in [0.29, 0.717) is 30.8 Å². The van der Waals surface area contributed by atoms with Crippen LogP contribution in [0, 0.1) is 0 Å². The highest BCUT2D eigenvalue weighted by Gasteiger charge is 2.38. The van der Waals surface area contributed by atoms with Crippen LogP contribution in [-0.4, -0.2) is 51.8 Å². The quantitative estimate of drug-likeness (QED) is 0.202. The first-order valence-corrected chi connectivity index (χ1v) is 15.2. The van der Waals surface area contributed by atoms with Crippen LogP contribution >= 0.6 is 0 Å². The molecule has 2 N–H and O–H groups in total. The van der Waals surface area contributed by atoms with E-state index in [2.05, 4.69) is 24.1 Å². The largest absolute Gasteiger partial charge is 0.445 e. The van der Waals surface area contributed by atoms with Crippen molar-refractivity contribution in [3.63, 3.8) is 0 Å². The summed E-state index contributed by atoms with van der Waals surface area (Å²) in [5.74, 6) is -0.457. The molecular formula is C35H40N4O4. The van der Waals surface area contributed by atoms with Crippen molar-refractivity contribution in [2.45, 2.75) is 65.1 Å². The minimum Gasteiger partial charge on any atom is -0.445 e. The van der Waals surface area contributed by atoms with Gasteiger partial charge in [0.1, 0.15) is 12.6 Å². The van der Waals surface area contributed by atoms with Crippen LogP contribution in [0.1, 0.15) is 66.7 Å². The number of nitrogens with one attached hydrogen (secondary N) is 2. The lowest BCUT2D eigenvalue weighted by atomic mass is 9.96. The van der Waals surface area contributed by atoms with Gasteiger partial charge in [-0.15, -0.1) is 0 Å². The Bertz CT molecular complexity index is 1560. The van der Waals surface area contributed by atoms with Gasteiger partial charge in [-0.1, -0.05) is 87.4 Å². The second kappa shape index (κ2) is 14.1. The Morgan fingerprint density at radius 3 is 2.33 bits per heavy atom. The van der Waals surface area contributed by atoms with Crippen molar-refractivity contribution in [3.8, 4) is 0 Å². The maximum atomic E-state index is 14.0. The number of rotatable bonds is 11. The van der Waals surface area contributed by atoms with Crippen LogP contribution in [0.4, 0.5) is 10.5 Å². The fourth-order valence-corrected chi connectivity index (χ4v) is 5.61. The van der Waals surface area contributed by atoms with Gasteiger partial charge in [0, 0.05) is 36.1 Å². The molecule has 1 aromatic heterocycles. The number of aromatic nitrogens is 1. The highest BCUT2D eigenvalue weighted by Crippen LogP contribution is 2.31. The number of hydrogen-bond acceptors (Lipinski definition) is 4. The second-order valence-electron chi connectivity index (χ2n) is 11.0. The molecule has 2 heterocycles. The average molecular weight is 581 g/mol. The Morgan fingerprint density at radius 2 is 1.58 bits per heavy atom. The van der Waals surface area contributed by atoms with Crippen molar-refractivity contribution < 1.29 is 19.1 Å². The molecule has 1 aliphatic rings. The number of carbonyl (C=O) groups excluding carboxylic acids is 3. The molecule has 4 aromatic rings. The summed E-state index contributed by atoms with van der Waals surface area (Å²) in [6.07, 6.45) is 3.56. The van der Waals surface area contributed by atoms with E-state index in [4.69, 9.17) is 4.74 Å². The van der Waals surface area contributed by atoms with E-state index < -0.39 is 12.1 Å². The smallest absolute Gasteiger partial charge is 0.411 e. The standard InChI is InChI=1S/C35H40N4O4/c1-3-5-20-38(21-6-4-2)34(41)27-17-11-13-19-30(27)37-33(40)32-22-28-26-16-10-12-18-29(26)36-31(28)23-39(32)35(42)43-24-25-14-8-7-9-15-25/h7-19,32,36H,3-6,20-24H2,1-2H3,(H,37,40)/t32-/m1/s1. The van der Waals surface area contributed by atoms with Crippen molar-refractivity contribution in [1.29, 1.82) is 0 Å². The number of benzene rings is 3. The molecule has 5 rings (SSSR count). The Morgan fingerprint density at radius 1 is 0.907 bits per heavy atom. The average Bonchev–Trinajstić information content (AvgIpc) is 3.41. The monoisotopic (exact) mass is 580 g/mol. The molecule has 0 saturated carbocycles. The highest BCUT2D eigenvalue weighted by atomic mass is 16.6. The van der Waals surface area contributed by atoms with Crippen LogP contribution in [-0.2, 0) is 29.1 Å². The number of fused-ring (bicyclic) bond motifs is 3. The Hall–Kier alpha value is -4.59. The summed E-state index contributed by atoms with van der Waals surface area (Å²) in [7, 11) is 0. The predicted molar refractivity (Wildman–Crippen MR) is 169 cm³/mol. The molecule has 3 aromatic carbocycles. The first kappa shape index (κ1) is 29.9. The van der Waals surface area contributed by atoms with Gasteiger partial charge in [-0.05, 0) is 42.2 Å². The van der Waals surface area contributed by atoms with Crippen LogP contribution < -0.4 is 5.32 Å². The molecule has 0 fully saturated rings. The van der Waals surface area contributed by atoms with Crippen molar-refractivity contribution in [1.82, 2.24) is 14.8 Å². The molecule has 0 unspecified atom stereocenters. The summed E-state index contributed by atoms with van der Waals surface area (Å²) in [5, 5.41) is 4.04. The molecule has 0 aliphatic carbocycles.